The molecule has 7 heteroatoms. The van der Waals surface area contributed by atoms with E-state index in [1.165, 1.54) is 5.57 Å². The summed E-state index contributed by atoms with van der Waals surface area (Å²) in [5.74, 6) is 0.959. The second kappa shape index (κ2) is 14.2. The Morgan fingerprint density at radius 2 is 2.07 bits per heavy atom. The summed E-state index contributed by atoms with van der Waals surface area (Å²) < 4.78 is 13.8. The maximum absolute atomic E-state index is 13.2. The van der Waals surface area contributed by atoms with Crippen LogP contribution in [0.5, 0.6) is 0 Å². The summed E-state index contributed by atoms with van der Waals surface area (Å²) in [4.78, 5) is 13.2. The number of ether oxygens (including phenoxy) is 2. The molecule has 1 amide bonds. The first-order valence-electron chi connectivity index (χ1n) is 14.9. The van der Waals surface area contributed by atoms with E-state index in [1.807, 2.05) is 87.3 Å². The van der Waals surface area contributed by atoms with Gasteiger partial charge in [-0.2, -0.15) is 10.4 Å². The van der Waals surface area contributed by atoms with Crippen molar-refractivity contribution in [3.05, 3.63) is 107 Å². The Morgan fingerprint density at radius 1 is 1.26 bits per heavy atom. The van der Waals surface area contributed by atoms with Gasteiger partial charge in [-0.1, -0.05) is 42.8 Å². The standard InChI is InChI=1S/C36H42N4O3/c1-7-10-34(43-23-27-15-16-42-22-27)32(17-25(3)8-2)29-20-38-40(21-29)33-19-31(14-13-26(33)4)39-35(41)28-11-9-12-30(18-28)36(5,6)24-37/h7,9-14,17-21,27H,8,15-16,22-23H2,1-6H3,(H,39,41)/b10-7-,25-17-,34-32-/t27-/m0/s1. The van der Waals surface area contributed by atoms with Crippen LogP contribution in [0.25, 0.3) is 11.3 Å². The van der Waals surface area contributed by atoms with Crippen LogP contribution in [0.4, 0.5) is 5.69 Å². The van der Waals surface area contributed by atoms with Gasteiger partial charge < -0.3 is 14.8 Å². The van der Waals surface area contributed by atoms with Gasteiger partial charge in [-0.3, -0.25) is 4.79 Å². The van der Waals surface area contributed by atoms with Gasteiger partial charge in [0.15, 0.2) is 0 Å². The molecular weight excluding hydrogens is 536 g/mol. The number of amides is 1. The SMILES string of the molecule is C\C=C/C(OC[C@H]1CCOC1)=C(\C=C(\C)CC)c1cnn(-c2cc(NC(=O)c3cccc(C(C)(C)C#N)c3)ccc2C)c1. The van der Waals surface area contributed by atoms with Crippen LogP contribution in [-0.4, -0.2) is 35.5 Å². The highest BCUT2D eigenvalue weighted by Gasteiger charge is 2.21. The highest BCUT2D eigenvalue weighted by molar-refractivity contribution is 6.04. The predicted molar refractivity (Wildman–Crippen MR) is 172 cm³/mol. The minimum atomic E-state index is -0.688. The van der Waals surface area contributed by atoms with Crippen molar-refractivity contribution in [1.82, 2.24) is 9.78 Å². The van der Waals surface area contributed by atoms with Gasteiger partial charge in [-0.05, 0) is 88.9 Å². The predicted octanol–water partition coefficient (Wildman–Crippen LogP) is 7.93. The molecule has 0 bridgehead atoms. The number of carbonyl (C=O) groups excluding carboxylic acids is 1. The minimum Gasteiger partial charge on any atom is -0.493 e. The van der Waals surface area contributed by atoms with Crippen LogP contribution in [0.3, 0.4) is 0 Å². The van der Waals surface area contributed by atoms with E-state index in [0.717, 1.165) is 59.8 Å². The molecular formula is C36H42N4O3. The number of hydrogen-bond acceptors (Lipinski definition) is 5. The zero-order valence-corrected chi connectivity index (χ0v) is 26.1. The van der Waals surface area contributed by atoms with Crippen LogP contribution in [0.15, 0.2) is 84.4 Å². The lowest BCUT2D eigenvalue weighted by molar-refractivity contribution is 0.102. The molecule has 1 saturated heterocycles. The third kappa shape index (κ3) is 7.91. The number of allylic oxidation sites excluding steroid dienone is 5. The molecule has 1 aromatic heterocycles. The lowest BCUT2D eigenvalue weighted by Crippen LogP contribution is -2.17. The quantitative estimate of drug-likeness (QED) is 0.184. The summed E-state index contributed by atoms with van der Waals surface area (Å²) >= 11 is 0. The Bertz CT molecular complexity index is 1580. The molecule has 1 atom stereocenters. The molecule has 224 valence electrons. The van der Waals surface area contributed by atoms with E-state index in [9.17, 15) is 10.1 Å². The molecule has 1 N–H and O–H groups in total. The molecule has 0 aliphatic carbocycles. The Hall–Kier alpha value is -4.41. The van der Waals surface area contributed by atoms with E-state index in [4.69, 9.17) is 14.6 Å². The Labute approximate surface area is 255 Å². The number of hydrogen-bond donors (Lipinski definition) is 1. The molecule has 1 aliphatic rings. The van der Waals surface area contributed by atoms with Crippen molar-refractivity contribution in [3.8, 4) is 11.8 Å². The van der Waals surface area contributed by atoms with Crippen molar-refractivity contribution in [3.63, 3.8) is 0 Å². The highest BCUT2D eigenvalue weighted by Crippen LogP contribution is 2.28. The van der Waals surface area contributed by atoms with E-state index >= 15 is 0 Å². The summed E-state index contributed by atoms with van der Waals surface area (Å²) in [7, 11) is 0. The summed E-state index contributed by atoms with van der Waals surface area (Å²) in [6, 6.07) is 15.3. The fourth-order valence-electron chi connectivity index (χ4n) is 4.78. The number of aromatic nitrogens is 2. The number of aryl methyl sites for hydroxylation is 1. The number of carbonyl (C=O) groups is 1. The van der Waals surface area contributed by atoms with Gasteiger partial charge in [-0.25, -0.2) is 4.68 Å². The van der Waals surface area contributed by atoms with Gasteiger partial charge in [-0.15, -0.1) is 0 Å². The van der Waals surface area contributed by atoms with Crippen LogP contribution >= 0.6 is 0 Å². The largest absolute Gasteiger partial charge is 0.493 e. The molecule has 0 saturated carbocycles. The number of anilines is 1. The third-order valence-corrected chi connectivity index (χ3v) is 7.76. The fraction of sp³-hybridized carbons (Fsp3) is 0.361. The van der Waals surface area contributed by atoms with E-state index in [2.05, 4.69) is 31.3 Å². The van der Waals surface area contributed by atoms with Crippen molar-refractivity contribution in [1.29, 1.82) is 5.26 Å². The molecule has 2 aromatic carbocycles. The number of benzene rings is 2. The first-order valence-corrected chi connectivity index (χ1v) is 14.9. The molecule has 3 aromatic rings. The molecule has 43 heavy (non-hydrogen) atoms. The molecule has 7 nitrogen and oxygen atoms in total. The van der Waals surface area contributed by atoms with Crippen molar-refractivity contribution in [2.75, 3.05) is 25.1 Å². The number of nitriles is 1. The number of nitrogens with zero attached hydrogens (tertiary/aromatic N) is 3. The molecule has 2 heterocycles. The molecule has 4 rings (SSSR count). The lowest BCUT2D eigenvalue weighted by Gasteiger charge is -2.16. The maximum Gasteiger partial charge on any atom is 0.255 e. The molecule has 0 spiro atoms. The van der Waals surface area contributed by atoms with E-state index in [-0.39, 0.29) is 5.91 Å². The Morgan fingerprint density at radius 3 is 2.77 bits per heavy atom. The molecule has 0 unspecified atom stereocenters. The second-order valence-corrected chi connectivity index (χ2v) is 11.6. The third-order valence-electron chi connectivity index (χ3n) is 7.76. The molecule has 1 fully saturated rings. The highest BCUT2D eigenvalue weighted by atomic mass is 16.5. The Balaban J connectivity index is 1.64. The van der Waals surface area contributed by atoms with E-state index in [0.29, 0.717) is 23.8 Å². The van der Waals surface area contributed by atoms with Gasteiger partial charge in [0.05, 0.1) is 36.6 Å². The number of rotatable bonds is 11. The second-order valence-electron chi connectivity index (χ2n) is 11.6. The first kappa shape index (κ1) is 31.5. The minimum absolute atomic E-state index is 0.238. The van der Waals surface area contributed by atoms with Gasteiger partial charge in [0.2, 0.25) is 0 Å². The zero-order valence-electron chi connectivity index (χ0n) is 26.1. The zero-order chi connectivity index (χ0) is 31.0. The topological polar surface area (TPSA) is 89.2 Å². The van der Waals surface area contributed by atoms with Crippen LogP contribution in [0.2, 0.25) is 0 Å². The monoisotopic (exact) mass is 578 g/mol. The lowest BCUT2D eigenvalue weighted by atomic mass is 9.85. The van der Waals surface area contributed by atoms with Crippen molar-refractivity contribution in [2.45, 2.75) is 59.8 Å². The van der Waals surface area contributed by atoms with Crippen LogP contribution < -0.4 is 5.32 Å². The maximum atomic E-state index is 13.2. The summed E-state index contributed by atoms with van der Waals surface area (Å²) in [5.41, 5.74) is 6.29. The normalized spacial score (nSPS) is 16.2. The van der Waals surface area contributed by atoms with E-state index < -0.39 is 5.41 Å². The molecule has 1 aliphatic heterocycles. The molecule has 0 radical (unpaired) electrons. The fourth-order valence-corrected chi connectivity index (χ4v) is 4.78. The van der Waals surface area contributed by atoms with Crippen molar-refractivity contribution in [2.24, 2.45) is 5.92 Å². The average molecular weight is 579 g/mol. The smallest absolute Gasteiger partial charge is 0.255 e. The van der Waals surface area contributed by atoms with Gasteiger partial charge >= 0.3 is 0 Å². The van der Waals surface area contributed by atoms with Gasteiger partial charge in [0, 0.05) is 41.1 Å². The van der Waals surface area contributed by atoms with Crippen LogP contribution in [0.1, 0.15) is 74.5 Å². The number of nitrogens with one attached hydrogen (secondary N) is 1. The van der Waals surface area contributed by atoms with Crippen LogP contribution in [0, 0.1) is 24.2 Å². The Kier molecular flexibility index (Phi) is 10.4. The van der Waals surface area contributed by atoms with Gasteiger partial charge in [0.1, 0.15) is 5.76 Å². The summed E-state index contributed by atoms with van der Waals surface area (Å²) in [5, 5.41) is 17.2. The van der Waals surface area contributed by atoms with Gasteiger partial charge in [0.25, 0.3) is 5.91 Å². The van der Waals surface area contributed by atoms with Crippen molar-refractivity contribution >= 4 is 17.2 Å². The summed E-state index contributed by atoms with van der Waals surface area (Å²) in [6.07, 6.45) is 12.0. The average Bonchev–Trinajstić information content (AvgIpc) is 3.72. The van der Waals surface area contributed by atoms with Crippen molar-refractivity contribution < 1.29 is 14.3 Å². The summed E-state index contributed by atoms with van der Waals surface area (Å²) in [6.45, 7) is 14.1. The first-order chi connectivity index (χ1) is 20.6. The van der Waals surface area contributed by atoms with Crippen LogP contribution in [-0.2, 0) is 14.9 Å². The van der Waals surface area contributed by atoms with E-state index in [1.54, 1.807) is 12.1 Å².